The first-order valence-corrected chi connectivity index (χ1v) is 16.5. The second-order valence-electron chi connectivity index (χ2n) is 6.28. The molecule has 0 radical (unpaired) electrons. The van der Waals surface area contributed by atoms with Crippen LogP contribution in [0.2, 0.25) is 10.1 Å². The highest BCUT2D eigenvalue weighted by atomic mass is 35.8. The van der Waals surface area contributed by atoms with Crippen molar-refractivity contribution >= 4 is 78.5 Å². The van der Waals surface area contributed by atoms with Gasteiger partial charge in [0.15, 0.2) is 0 Å². The number of rotatable bonds is 5. The fourth-order valence-electron chi connectivity index (χ4n) is 2.71. The molecule has 0 aliphatic rings. The Balaban J connectivity index is 3.54. The molecule has 120 valence electrons. The summed E-state index contributed by atoms with van der Waals surface area (Å²) in [6, 6.07) is 3.74. The Bertz CT molecular complexity index is 450. The summed E-state index contributed by atoms with van der Waals surface area (Å²) in [7, 11) is 0. The van der Waals surface area contributed by atoms with Crippen LogP contribution in [0.4, 0.5) is 0 Å². The molecule has 0 aliphatic carbocycles. The van der Waals surface area contributed by atoms with E-state index in [0.717, 1.165) is 5.56 Å². The normalized spacial score (nSPS) is 14.6. The van der Waals surface area contributed by atoms with E-state index in [0.29, 0.717) is 0 Å². The van der Waals surface area contributed by atoms with Gasteiger partial charge in [0, 0.05) is 10.1 Å². The van der Waals surface area contributed by atoms with Crippen molar-refractivity contribution in [3.8, 4) is 0 Å². The maximum absolute atomic E-state index is 6.38. The molecule has 0 saturated heterocycles. The summed E-state index contributed by atoms with van der Waals surface area (Å²) in [5.41, 5.74) is 1.03. The lowest BCUT2D eigenvalue weighted by atomic mass is 9.78. The van der Waals surface area contributed by atoms with Crippen molar-refractivity contribution in [2.75, 3.05) is 0 Å². The minimum absolute atomic E-state index is 0.162. The third-order valence-corrected chi connectivity index (χ3v) is 16.3. The van der Waals surface area contributed by atoms with Gasteiger partial charge in [-0.15, -0.1) is 66.5 Å². The fourth-order valence-corrected chi connectivity index (χ4v) is 6.53. The molecule has 0 amide bonds. The Hall–Kier alpha value is 1.39. The molecule has 0 aromatic heterocycles. The molecule has 1 aromatic rings. The van der Waals surface area contributed by atoms with Gasteiger partial charge in [0.1, 0.15) is 0 Å². The molecule has 21 heavy (non-hydrogen) atoms. The van der Waals surface area contributed by atoms with Crippen molar-refractivity contribution in [2.24, 2.45) is 0 Å². The first kappa shape index (κ1) is 20.4. The van der Waals surface area contributed by atoms with E-state index in [1.54, 1.807) is 0 Å². The van der Waals surface area contributed by atoms with Crippen LogP contribution in [-0.2, 0) is 0 Å². The topological polar surface area (TPSA) is 0 Å². The molecule has 0 nitrogen and oxygen atoms in total. The maximum Gasteiger partial charge on any atom is 0.347 e. The zero-order valence-corrected chi connectivity index (χ0v) is 18.8. The lowest BCUT2D eigenvalue weighted by Crippen LogP contribution is -2.44. The average Bonchev–Trinajstić information content (AvgIpc) is 2.26. The van der Waals surface area contributed by atoms with Crippen LogP contribution >= 0.6 is 66.5 Å². The molecule has 0 aliphatic heterocycles. The Kier molecular flexibility index (Phi) is 6.54. The lowest BCUT2D eigenvalue weighted by Gasteiger charge is -2.49. The van der Waals surface area contributed by atoms with Crippen LogP contribution < -0.4 is 0 Å². The van der Waals surface area contributed by atoms with Crippen LogP contribution in [0.1, 0.15) is 39.2 Å². The quantitative estimate of drug-likeness (QED) is 0.324. The number of benzene rings is 1. The van der Waals surface area contributed by atoms with Gasteiger partial charge in [-0.05, 0) is 11.5 Å². The summed E-state index contributed by atoms with van der Waals surface area (Å²) in [5, 5.41) is -1.17. The Morgan fingerprint density at radius 2 is 1.05 bits per heavy atom. The standard InChI is InChI=1S/C13H18Cl6Si2/c1-12(2,20(14,15)16)11(10-8-6-5-7-9-10)13(3,4)21(17,18)19/h5-9,11H,1-4H3. The summed E-state index contributed by atoms with van der Waals surface area (Å²) in [6.45, 7) is 7.82. The lowest BCUT2D eigenvalue weighted by molar-refractivity contribution is 0.411. The Labute approximate surface area is 157 Å². The van der Waals surface area contributed by atoms with E-state index in [1.165, 1.54) is 0 Å². The second kappa shape index (κ2) is 6.72. The van der Waals surface area contributed by atoms with Gasteiger partial charge in [-0.1, -0.05) is 58.0 Å². The molecule has 0 unspecified atom stereocenters. The maximum atomic E-state index is 6.38. The summed E-state index contributed by atoms with van der Waals surface area (Å²) in [5.74, 6) is -0.162. The molecule has 0 atom stereocenters. The van der Waals surface area contributed by atoms with Crippen molar-refractivity contribution in [1.82, 2.24) is 0 Å². The molecule has 8 heteroatoms. The van der Waals surface area contributed by atoms with Crippen LogP contribution in [0, 0.1) is 0 Å². The summed E-state index contributed by atoms with van der Waals surface area (Å²) >= 11 is 38.3. The molecule has 0 spiro atoms. The minimum Gasteiger partial charge on any atom is -0.125 e. The van der Waals surface area contributed by atoms with E-state index in [-0.39, 0.29) is 5.92 Å². The van der Waals surface area contributed by atoms with E-state index in [4.69, 9.17) is 66.5 Å². The zero-order valence-electron chi connectivity index (χ0n) is 12.2. The van der Waals surface area contributed by atoms with Crippen LogP contribution in [-0.4, -0.2) is 12.0 Å². The monoisotopic (exact) mass is 440 g/mol. The van der Waals surface area contributed by atoms with Crippen LogP contribution in [0.3, 0.4) is 0 Å². The van der Waals surface area contributed by atoms with Gasteiger partial charge in [-0.3, -0.25) is 0 Å². The number of halogens is 6. The summed E-state index contributed by atoms with van der Waals surface area (Å²) in [4.78, 5) is 0. The smallest absolute Gasteiger partial charge is 0.125 e. The zero-order chi connectivity index (χ0) is 16.7. The molecule has 0 bridgehead atoms. The third kappa shape index (κ3) is 4.27. The molecule has 0 saturated carbocycles. The van der Waals surface area contributed by atoms with Gasteiger partial charge in [0.25, 0.3) is 0 Å². The van der Waals surface area contributed by atoms with Crippen molar-refractivity contribution in [3.05, 3.63) is 35.9 Å². The highest BCUT2D eigenvalue weighted by molar-refractivity contribution is 7.66. The Morgan fingerprint density at radius 1 is 0.714 bits per heavy atom. The fraction of sp³-hybridized carbons (Fsp3) is 0.538. The number of hydrogen-bond donors (Lipinski definition) is 0. The van der Waals surface area contributed by atoms with Crippen LogP contribution in [0.5, 0.6) is 0 Å². The van der Waals surface area contributed by atoms with E-state index < -0.39 is 22.1 Å². The molecular weight excluding hydrogens is 425 g/mol. The van der Waals surface area contributed by atoms with Gasteiger partial charge in [-0.25, -0.2) is 0 Å². The van der Waals surface area contributed by atoms with Crippen molar-refractivity contribution in [3.63, 3.8) is 0 Å². The van der Waals surface area contributed by atoms with Crippen molar-refractivity contribution < 1.29 is 0 Å². The molecule has 1 aromatic carbocycles. The highest BCUT2D eigenvalue weighted by Crippen LogP contribution is 2.67. The van der Waals surface area contributed by atoms with E-state index >= 15 is 0 Å². The predicted octanol–water partition coefficient (Wildman–Crippen LogP) is 7.64. The molecular formula is C13H18Cl6Si2. The van der Waals surface area contributed by atoms with Crippen molar-refractivity contribution in [2.45, 2.75) is 43.7 Å². The number of hydrogen-bond acceptors (Lipinski definition) is 0. The van der Waals surface area contributed by atoms with Crippen LogP contribution in [0.25, 0.3) is 0 Å². The van der Waals surface area contributed by atoms with E-state index in [1.807, 2.05) is 58.0 Å². The molecule has 0 heterocycles. The van der Waals surface area contributed by atoms with Gasteiger partial charge in [0.05, 0.1) is 0 Å². The van der Waals surface area contributed by atoms with Gasteiger partial charge in [-0.2, -0.15) is 0 Å². The first-order chi connectivity index (χ1) is 9.23. The van der Waals surface area contributed by atoms with E-state index in [9.17, 15) is 0 Å². The van der Waals surface area contributed by atoms with Gasteiger partial charge >= 0.3 is 12.0 Å². The van der Waals surface area contributed by atoms with Gasteiger partial charge < -0.3 is 0 Å². The summed E-state index contributed by atoms with van der Waals surface area (Å²) < 4.78 is 0. The Morgan fingerprint density at radius 3 is 1.33 bits per heavy atom. The second-order valence-corrected chi connectivity index (χ2v) is 24.5. The largest absolute Gasteiger partial charge is 0.347 e. The molecule has 0 fully saturated rings. The van der Waals surface area contributed by atoms with Crippen LogP contribution in [0.15, 0.2) is 30.3 Å². The third-order valence-electron chi connectivity index (χ3n) is 4.04. The molecule has 0 N–H and O–H groups in total. The predicted molar refractivity (Wildman–Crippen MR) is 104 cm³/mol. The van der Waals surface area contributed by atoms with Crippen molar-refractivity contribution in [1.29, 1.82) is 0 Å². The van der Waals surface area contributed by atoms with E-state index in [2.05, 4.69) is 0 Å². The van der Waals surface area contributed by atoms with Gasteiger partial charge in [0.2, 0.25) is 0 Å². The first-order valence-electron chi connectivity index (χ1n) is 6.41. The average molecular weight is 443 g/mol. The molecule has 1 rings (SSSR count). The summed E-state index contributed by atoms with van der Waals surface area (Å²) in [6.07, 6.45) is 0. The SMILES string of the molecule is CC(C)(C(c1ccccc1)C(C)(C)[Si](Cl)(Cl)Cl)[Si](Cl)(Cl)Cl. The minimum atomic E-state index is -3.06. The highest BCUT2D eigenvalue weighted by Gasteiger charge is 2.60.